The van der Waals surface area contributed by atoms with E-state index in [0.717, 1.165) is 13.8 Å². The van der Waals surface area contributed by atoms with Crippen LogP contribution >= 0.6 is 32.4 Å². The number of hydrogen-bond donors (Lipinski definition) is 0. The predicted octanol–water partition coefficient (Wildman–Crippen LogP) is -7.53. The Hall–Kier alpha value is -0.140. The van der Waals surface area contributed by atoms with E-state index in [1.54, 1.807) is 0 Å². The minimum atomic E-state index is -6.36. The highest BCUT2D eigenvalue weighted by molar-refractivity contribution is 7.51. The van der Waals surface area contributed by atoms with Crippen LogP contribution in [0.25, 0.3) is 0 Å². The molecule has 0 radical (unpaired) electrons. The van der Waals surface area contributed by atoms with Crippen molar-refractivity contribution >= 4 is 44.3 Å². The standard InChI is InChI=1S/C12H22O16P4/c1-3-11(27-29(17)18,31(21,22)23)5-8(10(15)16)6-12(28-30(19)20,32(24,25)26)4-7(2)9(13)14/h7-8H,3-6H2,1-2H3,(H,13,14)(H,15,16)(H2,21,22,23)(H2,24,25,26)/q-4/p-6. The molecule has 0 saturated carbocycles. The molecule has 32 heavy (non-hydrogen) atoms. The molecule has 16 nitrogen and oxygen atoms in total. The van der Waals surface area contributed by atoms with E-state index in [1.165, 1.54) is 0 Å². The smallest absolute Gasteiger partial charge is 0.0968 e. The monoisotopic (exact) mass is 540 g/mol. The Morgan fingerprint density at radius 3 is 1.47 bits per heavy atom. The molecule has 20 heteroatoms. The van der Waals surface area contributed by atoms with Crippen molar-refractivity contribution in [3.63, 3.8) is 0 Å². The Bertz CT molecular complexity index is 747. The first-order valence-corrected chi connectivity index (χ1v) is 13.6. The molecule has 0 N–H and O–H groups in total. The molecule has 4 unspecified atom stereocenters. The second-order valence-corrected chi connectivity index (χ2v) is 11.6. The van der Waals surface area contributed by atoms with E-state index in [1.807, 2.05) is 0 Å². The average molecular weight is 540 g/mol. The maximum absolute atomic E-state index is 11.9. The summed E-state index contributed by atoms with van der Waals surface area (Å²) in [6.45, 7) is 1.66. The average Bonchev–Trinajstić information content (AvgIpc) is 2.56. The van der Waals surface area contributed by atoms with Crippen molar-refractivity contribution in [1.29, 1.82) is 0 Å². The molecule has 0 aromatic carbocycles. The third-order valence-corrected chi connectivity index (χ3v) is 8.86. The molecule has 0 spiro atoms. The molecule has 0 heterocycles. The predicted molar refractivity (Wildman–Crippen MR) is 83.5 cm³/mol. The summed E-state index contributed by atoms with van der Waals surface area (Å²) in [5.74, 6) is -8.81. The number of carbonyl (C=O) groups is 2. The van der Waals surface area contributed by atoms with Crippen molar-refractivity contribution in [1.82, 2.24) is 0 Å². The van der Waals surface area contributed by atoms with Crippen molar-refractivity contribution in [2.75, 3.05) is 0 Å². The molecular weight excluding hydrogens is 524 g/mol. The maximum Gasteiger partial charge on any atom is 0.0968 e. The largest absolute Gasteiger partial charge is 0.820 e. The van der Waals surface area contributed by atoms with Crippen LogP contribution in [0.15, 0.2) is 0 Å². The molecule has 0 aliphatic carbocycles. The van der Waals surface area contributed by atoms with Gasteiger partial charge >= 0.3 is 0 Å². The molecule has 0 aromatic heterocycles. The van der Waals surface area contributed by atoms with Gasteiger partial charge in [-0.2, -0.15) is 17.2 Å². The molecule has 0 fully saturated rings. The lowest BCUT2D eigenvalue weighted by molar-refractivity contribution is -0.353. The van der Waals surface area contributed by atoms with Gasteiger partial charge in [-0.1, -0.05) is 13.8 Å². The van der Waals surface area contributed by atoms with Gasteiger partial charge in [-0.15, -0.1) is 0 Å². The van der Waals surface area contributed by atoms with Crippen molar-refractivity contribution in [2.24, 2.45) is 11.8 Å². The zero-order valence-corrected chi connectivity index (χ0v) is 19.9. The van der Waals surface area contributed by atoms with Gasteiger partial charge in [0, 0.05) is 17.9 Å². The molecule has 0 aliphatic heterocycles. The van der Waals surface area contributed by atoms with E-state index >= 15 is 0 Å². The lowest BCUT2D eigenvalue weighted by Crippen LogP contribution is -2.51. The first-order chi connectivity index (χ1) is 14.2. The molecule has 0 aliphatic rings. The van der Waals surface area contributed by atoms with Crippen molar-refractivity contribution in [3.8, 4) is 0 Å². The Labute approximate surface area is 184 Å². The van der Waals surface area contributed by atoms with Crippen LogP contribution in [0.4, 0.5) is 0 Å². The van der Waals surface area contributed by atoms with Crippen LogP contribution in [-0.2, 0) is 27.8 Å². The fraction of sp³-hybridized carbons (Fsp3) is 0.833. The minimum Gasteiger partial charge on any atom is -0.820 e. The summed E-state index contributed by atoms with van der Waals surface area (Å²) in [7, 11) is -20.8. The number of carbonyl (C=O) groups excluding carboxylic acids is 2. The van der Waals surface area contributed by atoms with E-state index in [4.69, 9.17) is 0 Å². The van der Waals surface area contributed by atoms with Crippen LogP contribution in [0.3, 0.4) is 0 Å². The van der Waals surface area contributed by atoms with E-state index in [9.17, 15) is 68.1 Å². The van der Waals surface area contributed by atoms with Gasteiger partial charge in [0.1, 0.15) is 0 Å². The van der Waals surface area contributed by atoms with Crippen LogP contribution in [-0.4, -0.2) is 22.6 Å². The quantitative estimate of drug-likeness (QED) is 0.174. The van der Waals surface area contributed by atoms with E-state index in [0.29, 0.717) is 0 Å². The minimum absolute atomic E-state index is 0.764. The molecule has 0 saturated heterocycles. The summed E-state index contributed by atoms with van der Waals surface area (Å²) in [5, 5.41) is 15.7. The van der Waals surface area contributed by atoms with Crippen molar-refractivity contribution in [3.05, 3.63) is 0 Å². The third kappa shape index (κ3) is 8.57. The molecule has 4 atom stereocenters. The summed E-state index contributed by atoms with van der Waals surface area (Å²) in [6.07, 6.45) is -5.79. The summed E-state index contributed by atoms with van der Waals surface area (Å²) in [6, 6.07) is 0. The van der Waals surface area contributed by atoms with E-state index in [-0.39, 0.29) is 0 Å². The van der Waals surface area contributed by atoms with E-state index in [2.05, 4.69) is 9.05 Å². The van der Waals surface area contributed by atoms with E-state index < -0.39 is 92.5 Å². The number of carboxylic acid groups (broad SMARTS) is 2. The summed E-state index contributed by atoms with van der Waals surface area (Å²) in [4.78, 5) is 114. The lowest BCUT2D eigenvalue weighted by atomic mass is 9.90. The zero-order chi connectivity index (χ0) is 25.7. The van der Waals surface area contributed by atoms with Crippen LogP contribution in [0.2, 0.25) is 0 Å². The highest BCUT2D eigenvalue weighted by atomic mass is 31.2. The van der Waals surface area contributed by atoms with Gasteiger partial charge in [0.05, 0.1) is 10.7 Å². The summed E-state index contributed by atoms with van der Waals surface area (Å²) >= 11 is 0. The fourth-order valence-corrected chi connectivity index (χ4v) is 6.76. The van der Waals surface area contributed by atoms with Gasteiger partial charge in [0.15, 0.2) is 0 Å². The molecule has 190 valence electrons. The number of rotatable bonds is 15. The van der Waals surface area contributed by atoms with Crippen LogP contribution in [0.5, 0.6) is 0 Å². The molecule has 0 amide bonds. The molecular formula is C12H16O16P4-10. The first-order valence-electron chi connectivity index (χ1n) is 8.36. The molecule has 0 rings (SSSR count). The Morgan fingerprint density at radius 2 is 1.19 bits per heavy atom. The summed E-state index contributed by atoms with van der Waals surface area (Å²) < 4.78 is 31.8. The Balaban J connectivity index is 6.59. The van der Waals surface area contributed by atoms with Gasteiger partial charge in [-0.3, -0.25) is 0 Å². The maximum atomic E-state index is 11.9. The third-order valence-electron chi connectivity index (χ3n) is 4.53. The van der Waals surface area contributed by atoms with Gasteiger partial charge in [0.2, 0.25) is 0 Å². The number of hydrogen-bond acceptors (Lipinski definition) is 16. The second-order valence-electron chi connectivity index (χ2n) is 6.72. The number of aliphatic carboxylic acids is 2. The molecule has 0 bridgehead atoms. The SMILES string of the molecule is CCC(CC(CC(CC(C)C(=O)[O-])(OP([O-])[O-])P(=O)([O-])[O-])C(=O)[O-])(OP([O-])[O-])P(=O)([O-])[O-]. The molecule has 0 aromatic rings. The van der Waals surface area contributed by atoms with Crippen LogP contribution in [0.1, 0.15) is 39.5 Å². The fourth-order valence-electron chi connectivity index (χ4n) is 2.88. The van der Waals surface area contributed by atoms with Crippen molar-refractivity contribution in [2.45, 2.75) is 50.2 Å². The van der Waals surface area contributed by atoms with Crippen LogP contribution < -0.4 is 49.4 Å². The Morgan fingerprint density at radius 1 is 0.812 bits per heavy atom. The van der Waals surface area contributed by atoms with Crippen molar-refractivity contribution < 1.29 is 77.1 Å². The second kappa shape index (κ2) is 12.0. The zero-order valence-electron chi connectivity index (χ0n) is 16.3. The normalized spacial score (nSPS) is 18.8. The Kier molecular flexibility index (Phi) is 12.0. The highest BCUT2D eigenvalue weighted by Crippen LogP contribution is 2.58. The van der Waals surface area contributed by atoms with Gasteiger partial charge in [-0.25, -0.2) is 0 Å². The van der Waals surface area contributed by atoms with Gasteiger partial charge in [-0.05, 0) is 46.8 Å². The lowest BCUT2D eigenvalue weighted by Gasteiger charge is -2.57. The van der Waals surface area contributed by atoms with Gasteiger partial charge in [0.25, 0.3) is 0 Å². The topological polar surface area (TPSA) is 317 Å². The summed E-state index contributed by atoms with van der Waals surface area (Å²) in [5.41, 5.74) is 0. The number of carboxylic acids is 2. The first kappa shape index (κ1) is 31.9. The van der Waals surface area contributed by atoms with Gasteiger partial charge < -0.3 is 77.1 Å². The van der Waals surface area contributed by atoms with Crippen LogP contribution in [0, 0.1) is 11.8 Å². The highest BCUT2D eigenvalue weighted by Gasteiger charge is 2.43.